The lowest BCUT2D eigenvalue weighted by Crippen LogP contribution is -2.15. The molecule has 100 valence electrons. The summed E-state index contributed by atoms with van der Waals surface area (Å²) in [7, 11) is 0. The number of nitrogens with two attached hydrogens (primary N) is 1. The van der Waals surface area contributed by atoms with Crippen LogP contribution in [0.25, 0.3) is 0 Å². The number of aromatic nitrogens is 3. The third-order valence-corrected chi connectivity index (χ3v) is 3.26. The van der Waals surface area contributed by atoms with E-state index >= 15 is 0 Å². The predicted octanol–water partition coefficient (Wildman–Crippen LogP) is 1.30. The largest absolute Gasteiger partial charge is 0.396 e. The molecule has 1 aromatic rings. The normalized spacial score (nSPS) is 16.7. The molecule has 6 nitrogen and oxygen atoms in total. The summed E-state index contributed by atoms with van der Waals surface area (Å²) in [5, 5.41) is 11.8. The second kappa shape index (κ2) is 6.49. The molecule has 6 heteroatoms. The number of nitrogens with one attached hydrogen (secondary N) is 1. The minimum absolute atomic E-state index is 0.156. The maximum Gasteiger partial charge on any atom is 0.227 e. The van der Waals surface area contributed by atoms with Gasteiger partial charge in [-0.05, 0) is 19.3 Å². The van der Waals surface area contributed by atoms with Crippen LogP contribution in [0.1, 0.15) is 50.3 Å². The Morgan fingerprint density at radius 1 is 1.17 bits per heavy atom. The van der Waals surface area contributed by atoms with E-state index in [2.05, 4.69) is 20.3 Å². The molecule has 1 aliphatic carbocycles. The topological polar surface area (TPSA) is 97.0 Å². The predicted molar refractivity (Wildman–Crippen MR) is 70.3 cm³/mol. The lowest BCUT2D eigenvalue weighted by Gasteiger charge is -2.20. The summed E-state index contributed by atoms with van der Waals surface area (Å²) in [6.07, 6.45) is 6.73. The molecule has 0 aliphatic heterocycles. The number of hydrogen-bond acceptors (Lipinski definition) is 6. The summed E-state index contributed by atoms with van der Waals surface area (Å²) in [5.41, 5.74) is 5.72. The summed E-state index contributed by atoms with van der Waals surface area (Å²) in [6, 6.07) is 0. The number of hydrogen-bond donors (Lipinski definition) is 3. The van der Waals surface area contributed by atoms with E-state index in [-0.39, 0.29) is 12.6 Å². The van der Waals surface area contributed by atoms with E-state index in [1.165, 1.54) is 19.3 Å². The summed E-state index contributed by atoms with van der Waals surface area (Å²) < 4.78 is 0. The van der Waals surface area contributed by atoms with Crippen molar-refractivity contribution in [3.05, 3.63) is 5.82 Å². The summed E-state index contributed by atoms with van der Waals surface area (Å²) in [4.78, 5) is 12.7. The Morgan fingerprint density at radius 2 is 1.94 bits per heavy atom. The first kappa shape index (κ1) is 13.0. The number of aliphatic hydroxyl groups excluding tert-OH is 1. The first-order valence-corrected chi connectivity index (χ1v) is 6.66. The van der Waals surface area contributed by atoms with Gasteiger partial charge in [0.25, 0.3) is 0 Å². The summed E-state index contributed by atoms with van der Waals surface area (Å²) in [5.74, 6) is 2.03. The molecule has 0 atom stereocenters. The fourth-order valence-electron chi connectivity index (χ4n) is 2.31. The van der Waals surface area contributed by atoms with Crippen LogP contribution in [-0.4, -0.2) is 33.2 Å². The van der Waals surface area contributed by atoms with Gasteiger partial charge in [0.15, 0.2) is 0 Å². The maximum atomic E-state index is 8.74. The maximum absolute atomic E-state index is 8.74. The van der Waals surface area contributed by atoms with Gasteiger partial charge in [0, 0.05) is 19.1 Å². The Bertz CT molecular complexity index is 379. The minimum atomic E-state index is 0.156. The van der Waals surface area contributed by atoms with Crippen LogP contribution in [0.4, 0.5) is 11.9 Å². The van der Waals surface area contributed by atoms with Gasteiger partial charge < -0.3 is 16.2 Å². The Balaban J connectivity index is 2.05. The van der Waals surface area contributed by atoms with Gasteiger partial charge in [-0.2, -0.15) is 15.0 Å². The Hall–Kier alpha value is -1.43. The second-order valence-electron chi connectivity index (χ2n) is 4.71. The van der Waals surface area contributed by atoms with Crippen LogP contribution in [0, 0.1) is 0 Å². The molecule has 0 amide bonds. The van der Waals surface area contributed by atoms with E-state index in [4.69, 9.17) is 10.8 Å². The van der Waals surface area contributed by atoms with Crippen molar-refractivity contribution >= 4 is 11.9 Å². The fourth-order valence-corrected chi connectivity index (χ4v) is 2.31. The molecule has 0 spiro atoms. The molecule has 2 rings (SSSR count). The number of nitrogens with zero attached hydrogens (tertiary/aromatic N) is 3. The molecule has 1 heterocycles. The minimum Gasteiger partial charge on any atom is -0.396 e. The van der Waals surface area contributed by atoms with Gasteiger partial charge in [-0.15, -0.1) is 0 Å². The second-order valence-corrected chi connectivity index (χ2v) is 4.71. The molecule has 1 aliphatic rings. The van der Waals surface area contributed by atoms with Crippen LogP contribution in [0.5, 0.6) is 0 Å². The molecule has 1 fully saturated rings. The van der Waals surface area contributed by atoms with Crippen molar-refractivity contribution in [1.82, 2.24) is 15.0 Å². The molecule has 0 unspecified atom stereocenters. The molecule has 0 saturated heterocycles. The summed E-state index contributed by atoms with van der Waals surface area (Å²) in [6.45, 7) is 0.799. The molecule has 1 saturated carbocycles. The highest BCUT2D eigenvalue weighted by molar-refractivity contribution is 5.31. The molecular weight excluding hydrogens is 230 g/mol. The van der Waals surface area contributed by atoms with Crippen LogP contribution in [0.3, 0.4) is 0 Å². The first-order chi connectivity index (χ1) is 8.79. The van der Waals surface area contributed by atoms with Crippen LogP contribution in [0.2, 0.25) is 0 Å². The number of aliphatic hydroxyl groups is 1. The van der Waals surface area contributed by atoms with Crippen molar-refractivity contribution in [3.63, 3.8) is 0 Å². The van der Waals surface area contributed by atoms with Gasteiger partial charge in [0.05, 0.1) is 0 Å². The van der Waals surface area contributed by atoms with E-state index in [1.54, 1.807) is 0 Å². The van der Waals surface area contributed by atoms with Gasteiger partial charge in [0.2, 0.25) is 11.9 Å². The van der Waals surface area contributed by atoms with E-state index in [9.17, 15) is 0 Å². The van der Waals surface area contributed by atoms with Gasteiger partial charge in [0.1, 0.15) is 5.82 Å². The van der Waals surface area contributed by atoms with Crippen LogP contribution in [0.15, 0.2) is 0 Å². The molecule has 1 aromatic heterocycles. The van der Waals surface area contributed by atoms with Crippen molar-refractivity contribution in [3.8, 4) is 0 Å². The van der Waals surface area contributed by atoms with Crippen LogP contribution in [-0.2, 0) is 0 Å². The number of rotatable bonds is 5. The van der Waals surface area contributed by atoms with Crippen molar-refractivity contribution in [1.29, 1.82) is 0 Å². The van der Waals surface area contributed by atoms with E-state index in [1.807, 2.05) is 0 Å². The Morgan fingerprint density at radius 3 is 2.67 bits per heavy atom. The lowest BCUT2D eigenvalue weighted by atomic mass is 9.89. The van der Waals surface area contributed by atoms with Crippen LogP contribution >= 0.6 is 0 Å². The molecule has 0 radical (unpaired) electrons. The van der Waals surface area contributed by atoms with Gasteiger partial charge in [-0.3, -0.25) is 0 Å². The molecule has 4 N–H and O–H groups in total. The van der Waals surface area contributed by atoms with Crippen LogP contribution < -0.4 is 11.1 Å². The van der Waals surface area contributed by atoms with Gasteiger partial charge in [-0.1, -0.05) is 19.3 Å². The van der Waals surface area contributed by atoms with Crippen molar-refractivity contribution < 1.29 is 5.11 Å². The van der Waals surface area contributed by atoms with E-state index in [0.29, 0.717) is 24.8 Å². The average molecular weight is 251 g/mol. The standard InChI is InChI=1S/C12H21N5O/c13-11-15-10(9-5-2-1-3-6-9)16-12(17-11)14-7-4-8-18/h9,18H,1-8H2,(H3,13,14,15,16,17). The lowest BCUT2D eigenvalue weighted by molar-refractivity contribution is 0.292. The first-order valence-electron chi connectivity index (χ1n) is 6.66. The molecule has 18 heavy (non-hydrogen) atoms. The third-order valence-electron chi connectivity index (χ3n) is 3.26. The van der Waals surface area contributed by atoms with E-state index < -0.39 is 0 Å². The smallest absolute Gasteiger partial charge is 0.227 e. The molecule has 0 bridgehead atoms. The monoisotopic (exact) mass is 251 g/mol. The zero-order valence-electron chi connectivity index (χ0n) is 10.6. The highest BCUT2D eigenvalue weighted by atomic mass is 16.3. The van der Waals surface area contributed by atoms with Crippen molar-refractivity contribution in [2.75, 3.05) is 24.2 Å². The SMILES string of the molecule is Nc1nc(NCCCO)nc(C2CCCCC2)n1. The Kier molecular flexibility index (Phi) is 4.69. The molecule has 0 aromatic carbocycles. The summed E-state index contributed by atoms with van der Waals surface area (Å²) >= 11 is 0. The van der Waals surface area contributed by atoms with Gasteiger partial charge >= 0.3 is 0 Å². The number of anilines is 2. The number of nitrogen functional groups attached to an aromatic ring is 1. The highest BCUT2D eigenvalue weighted by Crippen LogP contribution is 2.30. The van der Waals surface area contributed by atoms with E-state index in [0.717, 1.165) is 18.7 Å². The average Bonchev–Trinajstić information content (AvgIpc) is 2.39. The molecular formula is C12H21N5O. The highest BCUT2D eigenvalue weighted by Gasteiger charge is 2.19. The zero-order chi connectivity index (χ0) is 12.8. The quantitative estimate of drug-likeness (QED) is 0.682. The fraction of sp³-hybridized carbons (Fsp3) is 0.750. The van der Waals surface area contributed by atoms with Gasteiger partial charge in [-0.25, -0.2) is 0 Å². The third kappa shape index (κ3) is 3.53. The Labute approximate surface area is 107 Å². The van der Waals surface area contributed by atoms with Crippen molar-refractivity contribution in [2.24, 2.45) is 0 Å². The van der Waals surface area contributed by atoms with Crippen molar-refractivity contribution in [2.45, 2.75) is 44.4 Å². The zero-order valence-corrected chi connectivity index (χ0v) is 10.6.